The van der Waals surface area contributed by atoms with Gasteiger partial charge in [-0.05, 0) is 72.2 Å². The van der Waals surface area contributed by atoms with Crippen molar-refractivity contribution in [2.45, 2.75) is 48.6 Å². The van der Waals surface area contributed by atoms with Gasteiger partial charge in [0.15, 0.2) is 0 Å². The maximum Gasteiger partial charge on any atom is 0.240 e. The summed E-state index contributed by atoms with van der Waals surface area (Å²) in [4.78, 5) is 0.232. The number of hydrogen-bond acceptors (Lipinski definition) is 3. The van der Waals surface area contributed by atoms with Crippen molar-refractivity contribution in [1.29, 1.82) is 0 Å². The lowest BCUT2D eigenvalue weighted by Crippen LogP contribution is -2.44. The first kappa shape index (κ1) is 21.7. The van der Waals surface area contributed by atoms with Crippen LogP contribution in [0.2, 0.25) is 5.02 Å². The normalized spacial score (nSPS) is 21.4. The van der Waals surface area contributed by atoms with Gasteiger partial charge >= 0.3 is 0 Å². The summed E-state index contributed by atoms with van der Waals surface area (Å²) in [6.07, 6.45) is 3.19. The second-order valence-electron chi connectivity index (χ2n) is 8.58. The van der Waals surface area contributed by atoms with Crippen LogP contribution in [0.1, 0.15) is 41.0 Å². The first-order chi connectivity index (χ1) is 15.5. The molecule has 1 saturated heterocycles. The molecule has 1 aliphatic carbocycles. The first-order valence-corrected chi connectivity index (χ1v) is 12.9. The van der Waals surface area contributed by atoms with E-state index in [9.17, 15) is 8.42 Å². The van der Waals surface area contributed by atoms with Gasteiger partial charge in [-0.3, -0.25) is 0 Å². The lowest BCUT2D eigenvalue weighted by molar-refractivity contribution is -0.00397. The highest BCUT2D eigenvalue weighted by molar-refractivity contribution is 7.89. The average molecular weight is 468 g/mol. The van der Waals surface area contributed by atoms with Crippen molar-refractivity contribution in [2.24, 2.45) is 0 Å². The molecule has 3 aromatic rings. The molecule has 4 nitrogen and oxygen atoms in total. The zero-order valence-corrected chi connectivity index (χ0v) is 19.3. The van der Waals surface area contributed by atoms with Crippen molar-refractivity contribution in [2.75, 3.05) is 6.61 Å². The molecule has 0 radical (unpaired) electrons. The van der Waals surface area contributed by atoms with Crippen LogP contribution in [-0.2, 0) is 27.6 Å². The summed E-state index contributed by atoms with van der Waals surface area (Å²) in [5, 5.41) is 0.515. The van der Waals surface area contributed by atoms with Gasteiger partial charge in [0, 0.05) is 23.6 Å². The minimum absolute atomic E-state index is 0.0905. The van der Waals surface area contributed by atoms with Gasteiger partial charge in [0.05, 0.1) is 11.0 Å². The van der Waals surface area contributed by atoms with Crippen LogP contribution >= 0.6 is 11.6 Å². The Bertz CT molecular complexity index is 1160. The number of nitrogens with one attached hydrogen (secondary N) is 1. The number of ether oxygens (including phenoxy) is 1. The van der Waals surface area contributed by atoms with Gasteiger partial charge < -0.3 is 4.74 Å². The molecule has 0 amide bonds. The predicted octanol–water partition coefficient (Wildman–Crippen LogP) is 5.10. The van der Waals surface area contributed by atoms with E-state index in [-0.39, 0.29) is 23.0 Å². The highest BCUT2D eigenvalue weighted by Crippen LogP contribution is 2.40. The lowest BCUT2D eigenvalue weighted by Gasteiger charge is -2.36. The second kappa shape index (κ2) is 8.99. The third-order valence-electron chi connectivity index (χ3n) is 6.58. The Balaban J connectivity index is 1.44. The third-order valence-corrected chi connectivity index (χ3v) is 8.36. The van der Waals surface area contributed by atoms with Crippen LogP contribution in [0.5, 0.6) is 0 Å². The summed E-state index contributed by atoms with van der Waals surface area (Å²) in [5.41, 5.74) is 5.29. The smallest absolute Gasteiger partial charge is 0.240 e. The third kappa shape index (κ3) is 4.35. The van der Waals surface area contributed by atoms with Crippen LogP contribution in [0.25, 0.3) is 0 Å². The fraction of sp³-hybridized carbons (Fsp3) is 0.308. The average Bonchev–Trinajstić information content (AvgIpc) is 2.96. The van der Waals surface area contributed by atoms with Gasteiger partial charge in [-0.1, -0.05) is 60.1 Å². The van der Waals surface area contributed by atoms with Crippen molar-refractivity contribution in [1.82, 2.24) is 4.72 Å². The molecule has 6 heteroatoms. The molecule has 0 spiro atoms. The zero-order chi connectivity index (χ0) is 22.1. The molecule has 1 heterocycles. The van der Waals surface area contributed by atoms with Crippen molar-refractivity contribution in [3.63, 3.8) is 0 Å². The Kier molecular flexibility index (Phi) is 6.08. The van der Waals surface area contributed by atoms with E-state index in [2.05, 4.69) is 53.3 Å². The lowest BCUT2D eigenvalue weighted by atomic mass is 9.80. The zero-order valence-electron chi connectivity index (χ0n) is 17.7. The Labute approximate surface area is 194 Å². The van der Waals surface area contributed by atoms with Crippen LogP contribution in [0.3, 0.4) is 0 Å². The molecular weight excluding hydrogens is 442 g/mol. The maximum absolute atomic E-state index is 13.0. The Morgan fingerprint density at radius 2 is 1.44 bits per heavy atom. The van der Waals surface area contributed by atoms with Crippen molar-refractivity contribution >= 4 is 21.6 Å². The van der Waals surface area contributed by atoms with Crippen LogP contribution in [0.15, 0.2) is 77.7 Å². The van der Waals surface area contributed by atoms with E-state index < -0.39 is 10.0 Å². The number of halogens is 1. The molecule has 0 aromatic heterocycles. The molecule has 5 rings (SSSR count). The minimum Gasteiger partial charge on any atom is -0.377 e. The molecule has 0 bridgehead atoms. The van der Waals surface area contributed by atoms with E-state index in [0.29, 0.717) is 24.5 Å². The topological polar surface area (TPSA) is 55.4 Å². The molecule has 2 aliphatic rings. The fourth-order valence-electron chi connectivity index (χ4n) is 5.04. The monoisotopic (exact) mass is 467 g/mol. The van der Waals surface area contributed by atoms with Gasteiger partial charge in [-0.15, -0.1) is 0 Å². The molecule has 0 saturated carbocycles. The molecule has 3 aromatic carbocycles. The van der Waals surface area contributed by atoms with E-state index in [1.54, 1.807) is 24.3 Å². The molecule has 32 heavy (non-hydrogen) atoms. The van der Waals surface area contributed by atoms with E-state index in [1.807, 2.05) is 0 Å². The van der Waals surface area contributed by atoms with E-state index >= 15 is 0 Å². The van der Waals surface area contributed by atoms with Crippen LogP contribution in [0.4, 0.5) is 0 Å². The Morgan fingerprint density at radius 1 is 0.844 bits per heavy atom. The Morgan fingerprint density at radius 3 is 2.06 bits per heavy atom. The fourth-order valence-corrected chi connectivity index (χ4v) is 6.45. The van der Waals surface area contributed by atoms with Crippen LogP contribution < -0.4 is 4.72 Å². The number of benzene rings is 3. The van der Waals surface area contributed by atoms with Gasteiger partial charge in [0.25, 0.3) is 0 Å². The Hall–Kier alpha value is -2.18. The molecule has 1 fully saturated rings. The summed E-state index contributed by atoms with van der Waals surface area (Å²) in [6, 6.07) is 23.3. The quantitative estimate of drug-likeness (QED) is 0.581. The van der Waals surface area contributed by atoms with Crippen molar-refractivity contribution in [3.05, 3.63) is 100 Å². The summed E-state index contributed by atoms with van der Waals surface area (Å²) in [5.74, 6) is 0.0905. The second-order valence-corrected chi connectivity index (χ2v) is 10.7. The standard InChI is InChI=1S/C26H26ClNO3S/c27-20-11-13-22(14-12-20)32(29,30)28-21-15-16-31-25(17-21)26-23-7-3-1-5-18(23)9-10-19-6-2-4-8-24(19)26/h1-8,11-14,21,25-26,28H,9-10,15-17H2. The molecule has 2 atom stereocenters. The molecule has 1 aliphatic heterocycles. The molecule has 166 valence electrons. The highest BCUT2D eigenvalue weighted by atomic mass is 35.5. The number of fused-ring (bicyclic) bond motifs is 2. The SMILES string of the molecule is O=S(=O)(NC1CCOC(C2c3ccccc3CCc3ccccc32)C1)c1ccc(Cl)cc1. The molecule has 2 unspecified atom stereocenters. The van der Waals surface area contributed by atoms with E-state index in [0.717, 1.165) is 12.8 Å². The summed E-state index contributed by atoms with van der Waals surface area (Å²) in [6.45, 7) is 0.527. The highest BCUT2D eigenvalue weighted by Gasteiger charge is 2.36. The summed E-state index contributed by atoms with van der Waals surface area (Å²) in [7, 11) is -3.62. The van der Waals surface area contributed by atoms with E-state index in [1.165, 1.54) is 22.3 Å². The van der Waals surface area contributed by atoms with Crippen LogP contribution in [-0.4, -0.2) is 27.2 Å². The predicted molar refractivity (Wildman–Crippen MR) is 127 cm³/mol. The van der Waals surface area contributed by atoms with E-state index in [4.69, 9.17) is 16.3 Å². The minimum atomic E-state index is -3.62. The first-order valence-electron chi connectivity index (χ1n) is 11.1. The van der Waals surface area contributed by atoms with Crippen LogP contribution in [0, 0.1) is 0 Å². The number of rotatable bonds is 4. The molecule has 1 N–H and O–H groups in total. The summed E-state index contributed by atoms with van der Waals surface area (Å²) < 4.78 is 35.1. The van der Waals surface area contributed by atoms with Gasteiger partial charge in [0.1, 0.15) is 0 Å². The van der Waals surface area contributed by atoms with Crippen molar-refractivity contribution < 1.29 is 13.2 Å². The largest absolute Gasteiger partial charge is 0.377 e. The number of sulfonamides is 1. The number of hydrogen-bond donors (Lipinski definition) is 1. The molecular formula is C26H26ClNO3S. The van der Waals surface area contributed by atoms with Gasteiger partial charge in [-0.25, -0.2) is 13.1 Å². The van der Waals surface area contributed by atoms with Gasteiger partial charge in [0.2, 0.25) is 10.0 Å². The van der Waals surface area contributed by atoms with Crippen molar-refractivity contribution in [3.8, 4) is 0 Å². The number of aryl methyl sites for hydroxylation is 2. The maximum atomic E-state index is 13.0. The van der Waals surface area contributed by atoms with Gasteiger partial charge in [-0.2, -0.15) is 0 Å². The summed E-state index contributed by atoms with van der Waals surface area (Å²) >= 11 is 5.92.